The monoisotopic (exact) mass is 240 g/mol. The number of nitrogens with zero attached hydrogens (tertiary/aromatic N) is 1. The molecule has 0 aromatic heterocycles. The van der Waals surface area contributed by atoms with Crippen LogP contribution in [0.25, 0.3) is 0 Å². The normalized spacial score (nSPS) is 19.4. The Bertz CT molecular complexity index is 234. The van der Waals surface area contributed by atoms with E-state index in [2.05, 4.69) is 25.7 Å². The number of hydrogen-bond acceptors (Lipinski definition) is 2. The van der Waals surface area contributed by atoms with E-state index in [0.29, 0.717) is 18.5 Å². The predicted octanol–water partition coefficient (Wildman–Crippen LogP) is 2.40. The molecule has 0 aromatic rings. The molecule has 100 valence electrons. The Morgan fingerprint density at radius 2 is 1.88 bits per heavy atom. The second kappa shape index (κ2) is 7.00. The van der Waals surface area contributed by atoms with Gasteiger partial charge in [0.25, 0.3) is 0 Å². The van der Waals surface area contributed by atoms with Gasteiger partial charge in [0.15, 0.2) is 0 Å². The Labute approximate surface area is 106 Å². The number of rotatable bonds is 5. The van der Waals surface area contributed by atoms with Crippen LogP contribution < -0.4 is 5.73 Å². The first-order valence-corrected chi connectivity index (χ1v) is 7.12. The van der Waals surface area contributed by atoms with Crippen LogP contribution in [0.15, 0.2) is 0 Å². The molecular weight excluding hydrogens is 212 g/mol. The fourth-order valence-corrected chi connectivity index (χ4v) is 2.86. The second-order valence-corrected chi connectivity index (χ2v) is 5.50. The first kappa shape index (κ1) is 14.5. The van der Waals surface area contributed by atoms with Crippen LogP contribution in [0.1, 0.15) is 52.9 Å². The molecule has 0 radical (unpaired) electrons. The van der Waals surface area contributed by atoms with Crippen molar-refractivity contribution < 1.29 is 4.79 Å². The Balaban J connectivity index is 2.67. The largest absolute Gasteiger partial charge is 0.340 e. The maximum absolute atomic E-state index is 12.5. The standard InChI is InChI=1S/C14H28N2O/c1-4-16(12-8-6-5-7-9-12)14(17)13(10-15)11(2)3/h11-13H,4-10,15H2,1-3H3. The summed E-state index contributed by atoms with van der Waals surface area (Å²) >= 11 is 0. The van der Waals surface area contributed by atoms with Crippen LogP contribution in [-0.4, -0.2) is 29.9 Å². The summed E-state index contributed by atoms with van der Waals surface area (Å²) in [6.45, 7) is 7.56. The quantitative estimate of drug-likeness (QED) is 0.802. The smallest absolute Gasteiger partial charge is 0.227 e. The average Bonchev–Trinajstić information content (AvgIpc) is 2.31. The van der Waals surface area contributed by atoms with Crippen LogP contribution in [0.3, 0.4) is 0 Å². The minimum Gasteiger partial charge on any atom is -0.340 e. The lowest BCUT2D eigenvalue weighted by Gasteiger charge is -2.36. The van der Waals surface area contributed by atoms with Crippen molar-refractivity contribution in [2.45, 2.75) is 58.9 Å². The van der Waals surface area contributed by atoms with Gasteiger partial charge in [0.1, 0.15) is 0 Å². The van der Waals surface area contributed by atoms with Gasteiger partial charge in [-0.05, 0) is 25.7 Å². The summed E-state index contributed by atoms with van der Waals surface area (Å²) in [5.41, 5.74) is 5.75. The first-order chi connectivity index (χ1) is 8.11. The van der Waals surface area contributed by atoms with Gasteiger partial charge in [-0.2, -0.15) is 0 Å². The van der Waals surface area contributed by atoms with Gasteiger partial charge in [-0.3, -0.25) is 4.79 Å². The molecule has 1 amide bonds. The van der Waals surface area contributed by atoms with Crippen molar-refractivity contribution in [2.75, 3.05) is 13.1 Å². The number of carbonyl (C=O) groups excluding carboxylic acids is 1. The van der Waals surface area contributed by atoms with Gasteiger partial charge in [0, 0.05) is 19.1 Å². The predicted molar refractivity (Wildman–Crippen MR) is 71.6 cm³/mol. The molecule has 17 heavy (non-hydrogen) atoms. The van der Waals surface area contributed by atoms with Crippen molar-refractivity contribution >= 4 is 5.91 Å². The highest BCUT2D eigenvalue weighted by molar-refractivity contribution is 5.79. The maximum atomic E-state index is 12.5. The molecule has 0 saturated heterocycles. The molecule has 1 atom stereocenters. The summed E-state index contributed by atoms with van der Waals surface area (Å²) in [5, 5.41) is 0. The van der Waals surface area contributed by atoms with Crippen molar-refractivity contribution in [1.82, 2.24) is 4.90 Å². The molecule has 0 bridgehead atoms. The van der Waals surface area contributed by atoms with Crippen LogP contribution in [0.2, 0.25) is 0 Å². The van der Waals surface area contributed by atoms with Gasteiger partial charge in [-0.25, -0.2) is 0 Å². The van der Waals surface area contributed by atoms with E-state index in [1.165, 1.54) is 32.1 Å². The van der Waals surface area contributed by atoms with Crippen LogP contribution in [0.4, 0.5) is 0 Å². The zero-order valence-electron chi connectivity index (χ0n) is 11.6. The molecule has 0 spiro atoms. The molecule has 0 aliphatic heterocycles. The molecule has 1 aliphatic carbocycles. The molecule has 0 aromatic carbocycles. The van der Waals surface area contributed by atoms with Gasteiger partial charge in [0.05, 0.1) is 5.92 Å². The zero-order chi connectivity index (χ0) is 12.8. The van der Waals surface area contributed by atoms with Crippen molar-refractivity contribution in [3.8, 4) is 0 Å². The highest BCUT2D eigenvalue weighted by atomic mass is 16.2. The SMILES string of the molecule is CCN(C(=O)C(CN)C(C)C)C1CCCCC1. The Morgan fingerprint density at radius 3 is 2.29 bits per heavy atom. The Kier molecular flexibility index (Phi) is 5.96. The van der Waals surface area contributed by atoms with Gasteiger partial charge >= 0.3 is 0 Å². The molecular formula is C14H28N2O. The topological polar surface area (TPSA) is 46.3 Å². The fraction of sp³-hybridized carbons (Fsp3) is 0.929. The minimum absolute atomic E-state index is 0.00289. The summed E-state index contributed by atoms with van der Waals surface area (Å²) in [6, 6.07) is 0.467. The average molecular weight is 240 g/mol. The van der Waals surface area contributed by atoms with Gasteiger partial charge in [-0.15, -0.1) is 0 Å². The van der Waals surface area contributed by atoms with Crippen LogP contribution >= 0.6 is 0 Å². The number of hydrogen-bond donors (Lipinski definition) is 1. The molecule has 1 fully saturated rings. The third-order valence-corrected chi connectivity index (χ3v) is 4.02. The molecule has 3 nitrogen and oxygen atoms in total. The lowest BCUT2D eigenvalue weighted by atomic mass is 9.90. The maximum Gasteiger partial charge on any atom is 0.227 e. The van der Waals surface area contributed by atoms with Crippen molar-refractivity contribution in [3.05, 3.63) is 0 Å². The molecule has 2 N–H and O–H groups in total. The van der Waals surface area contributed by atoms with Crippen LogP contribution in [0, 0.1) is 11.8 Å². The Morgan fingerprint density at radius 1 is 1.29 bits per heavy atom. The molecule has 1 saturated carbocycles. The van der Waals surface area contributed by atoms with E-state index in [1.807, 2.05) is 0 Å². The Hall–Kier alpha value is -0.570. The van der Waals surface area contributed by atoms with Gasteiger partial charge in [-0.1, -0.05) is 33.1 Å². The van der Waals surface area contributed by atoms with Crippen LogP contribution in [0.5, 0.6) is 0 Å². The summed E-state index contributed by atoms with van der Waals surface area (Å²) in [4.78, 5) is 14.6. The zero-order valence-corrected chi connectivity index (χ0v) is 11.6. The van der Waals surface area contributed by atoms with E-state index in [-0.39, 0.29) is 11.8 Å². The lowest BCUT2D eigenvalue weighted by molar-refractivity contribution is -0.139. The molecule has 0 heterocycles. The molecule has 1 rings (SSSR count). The summed E-state index contributed by atoms with van der Waals surface area (Å²) < 4.78 is 0. The van der Waals surface area contributed by atoms with Crippen molar-refractivity contribution in [1.29, 1.82) is 0 Å². The summed E-state index contributed by atoms with van der Waals surface area (Å²) in [7, 11) is 0. The summed E-state index contributed by atoms with van der Waals surface area (Å²) in [5.74, 6) is 0.610. The van der Waals surface area contributed by atoms with E-state index in [0.717, 1.165) is 6.54 Å². The lowest BCUT2D eigenvalue weighted by Crippen LogP contribution is -2.47. The van der Waals surface area contributed by atoms with Crippen molar-refractivity contribution in [3.63, 3.8) is 0 Å². The molecule has 1 aliphatic rings. The highest BCUT2D eigenvalue weighted by Crippen LogP contribution is 2.25. The van der Waals surface area contributed by atoms with E-state index < -0.39 is 0 Å². The van der Waals surface area contributed by atoms with E-state index in [1.54, 1.807) is 0 Å². The summed E-state index contributed by atoms with van der Waals surface area (Å²) in [6.07, 6.45) is 6.21. The van der Waals surface area contributed by atoms with Gasteiger partial charge in [0.2, 0.25) is 5.91 Å². The molecule has 1 unspecified atom stereocenters. The minimum atomic E-state index is -0.00289. The second-order valence-electron chi connectivity index (χ2n) is 5.50. The third kappa shape index (κ3) is 3.70. The van der Waals surface area contributed by atoms with E-state index >= 15 is 0 Å². The van der Waals surface area contributed by atoms with E-state index in [9.17, 15) is 4.79 Å². The fourth-order valence-electron chi connectivity index (χ4n) is 2.86. The first-order valence-electron chi connectivity index (χ1n) is 7.12. The number of amides is 1. The number of nitrogens with two attached hydrogens (primary N) is 1. The van der Waals surface area contributed by atoms with Crippen LogP contribution in [-0.2, 0) is 4.79 Å². The highest BCUT2D eigenvalue weighted by Gasteiger charge is 2.30. The van der Waals surface area contributed by atoms with Crippen molar-refractivity contribution in [2.24, 2.45) is 17.6 Å². The third-order valence-electron chi connectivity index (χ3n) is 4.02. The number of carbonyl (C=O) groups is 1. The molecule has 3 heteroatoms. The van der Waals surface area contributed by atoms with E-state index in [4.69, 9.17) is 5.73 Å². The van der Waals surface area contributed by atoms with Gasteiger partial charge < -0.3 is 10.6 Å².